The molecule has 0 amide bonds. The van der Waals surface area contributed by atoms with Gasteiger partial charge in [-0.1, -0.05) is 37.8 Å². The molecule has 1 aliphatic carbocycles. The summed E-state index contributed by atoms with van der Waals surface area (Å²) >= 11 is 0. The molecule has 1 aliphatic heterocycles. The first kappa shape index (κ1) is 30.9. The van der Waals surface area contributed by atoms with Crippen molar-refractivity contribution < 1.29 is 4.79 Å². The molecular formula is C31H49N7O. The van der Waals surface area contributed by atoms with Crippen LogP contribution >= 0.6 is 0 Å². The summed E-state index contributed by atoms with van der Waals surface area (Å²) in [6, 6.07) is 4.85. The van der Waals surface area contributed by atoms with E-state index in [0.717, 1.165) is 44.0 Å². The summed E-state index contributed by atoms with van der Waals surface area (Å²) in [5, 5.41) is 3.30. The number of pyridine rings is 1. The molecule has 4 rings (SSSR count). The van der Waals surface area contributed by atoms with Crippen LogP contribution in [0.4, 0.5) is 0 Å². The number of hydrogen-bond donors (Lipinski definition) is 2. The molecule has 1 unspecified atom stereocenters. The molecule has 0 saturated carbocycles. The van der Waals surface area contributed by atoms with Gasteiger partial charge < -0.3 is 20.5 Å². The van der Waals surface area contributed by atoms with Gasteiger partial charge >= 0.3 is 0 Å². The average Bonchev–Trinajstić information content (AvgIpc) is 3.11. The van der Waals surface area contributed by atoms with Gasteiger partial charge in [0.05, 0.1) is 18.9 Å². The summed E-state index contributed by atoms with van der Waals surface area (Å²) in [4.78, 5) is 26.6. The Bertz CT molecular complexity index is 1050. The molecule has 0 bridgehead atoms. The number of Topliss-reactive ketones (excluding diaryl/α,β-unsaturated/α-hetero) is 1. The highest BCUT2D eigenvalue weighted by molar-refractivity contribution is 5.97. The van der Waals surface area contributed by atoms with E-state index >= 15 is 0 Å². The first-order valence-electron chi connectivity index (χ1n) is 14.6. The number of aryl methyl sites for hydroxylation is 2. The van der Waals surface area contributed by atoms with Crippen LogP contribution in [-0.2, 0) is 32.5 Å². The molecule has 2 aliphatic rings. The van der Waals surface area contributed by atoms with Crippen molar-refractivity contribution in [2.45, 2.75) is 77.5 Å². The van der Waals surface area contributed by atoms with Crippen LogP contribution < -0.4 is 11.1 Å². The molecule has 8 nitrogen and oxygen atoms in total. The van der Waals surface area contributed by atoms with Crippen LogP contribution in [-0.4, -0.2) is 76.4 Å². The highest BCUT2D eigenvalue weighted by Gasteiger charge is 2.24. The number of rotatable bonds is 11. The number of nitrogens with two attached hydrogens (primary N) is 1. The van der Waals surface area contributed by atoms with Crippen LogP contribution in [0, 0.1) is 0 Å². The number of allylic oxidation sites excluding steroid dienone is 3. The van der Waals surface area contributed by atoms with Crippen molar-refractivity contribution in [1.29, 1.82) is 0 Å². The van der Waals surface area contributed by atoms with Gasteiger partial charge in [0.15, 0.2) is 5.78 Å². The molecule has 3 N–H and O–H groups in total. The van der Waals surface area contributed by atoms with E-state index < -0.39 is 0 Å². The predicted molar refractivity (Wildman–Crippen MR) is 160 cm³/mol. The van der Waals surface area contributed by atoms with Crippen LogP contribution in [0.3, 0.4) is 0 Å². The van der Waals surface area contributed by atoms with E-state index in [1.165, 1.54) is 43.4 Å². The lowest BCUT2D eigenvalue weighted by Crippen LogP contribution is -2.33. The van der Waals surface area contributed by atoms with E-state index in [9.17, 15) is 4.79 Å². The largest absolute Gasteiger partial charge is 0.324 e. The van der Waals surface area contributed by atoms with Crippen molar-refractivity contribution in [3.05, 3.63) is 71.6 Å². The van der Waals surface area contributed by atoms with Gasteiger partial charge in [-0.25, -0.2) is 4.98 Å². The summed E-state index contributed by atoms with van der Waals surface area (Å²) in [7, 11) is 4.32. The predicted octanol–water partition coefficient (Wildman–Crippen LogP) is 3.75. The van der Waals surface area contributed by atoms with Crippen molar-refractivity contribution in [3.8, 4) is 0 Å². The molecular weight excluding hydrogens is 486 g/mol. The van der Waals surface area contributed by atoms with Gasteiger partial charge in [0.1, 0.15) is 11.5 Å². The maximum Gasteiger partial charge on any atom is 0.194 e. The number of nitrogens with zero attached hydrogens (tertiary/aromatic N) is 5. The summed E-state index contributed by atoms with van der Waals surface area (Å²) in [5.41, 5.74) is 10.0. The van der Waals surface area contributed by atoms with Crippen LogP contribution in [0.1, 0.15) is 72.3 Å². The quantitative estimate of drug-likeness (QED) is 0.334. The van der Waals surface area contributed by atoms with E-state index in [0.29, 0.717) is 31.4 Å². The number of fused-ring (bicyclic) bond motifs is 1. The molecule has 0 spiro atoms. The summed E-state index contributed by atoms with van der Waals surface area (Å²) in [6.07, 6.45) is 16.9. The minimum atomic E-state index is -0.0506. The topological polar surface area (TPSA) is 92.3 Å². The van der Waals surface area contributed by atoms with E-state index in [-0.39, 0.29) is 12.3 Å². The third kappa shape index (κ3) is 9.21. The van der Waals surface area contributed by atoms with Gasteiger partial charge in [-0.3, -0.25) is 14.7 Å². The number of likely N-dealkylation sites (tertiary alicyclic amines) is 1. The second kappa shape index (κ2) is 16.5. The van der Waals surface area contributed by atoms with Gasteiger partial charge in [0.25, 0.3) is 0 Å². The lowest BCUT2D eigenvalue weighted by molar-refractivity contribution is 0.0984. The zero-order valence-electron chi connectivity index (χ0n) is 24.4. The summed E-state index contributed by atoms with van der Waals surface area (Å²) < 4.78 is 2.09. The van der Waals surface area contributed by atoms with E-state index in [2.05, 4.69) is 51.4 Å². The van der Waals surface area contributed by atoms with Crippen molar-refractivity contribution in [3.63, 3.8) is 0 Å². The zero-order chi connectivity index (χ0) is 28.0. The van der Waals surface area contributed by atoms with E-state index in [4.69, 9.17) is 10.7 Å². The Hall–Kier alpha value is -2.65. The number of carbonyl (C=O) groups excluding carboxylic acids is 1. The number of nitrogens with one attached hydrogen (secondary N) is 1. The Balaban J connectivity index is 0.000000346. The van der Waals surface area contributed by atoms with Crippen LogP contribution in [0.25, 0.3) is 0 Å². The highest BCUT2D eigenvalue weighted by Crippen LogP contribution is 2.20. The molecule has 8 heteroatoms. The lowest BCUT2D eigenvalue weighted by Gasteiger charge is -2.24. The van der Waals surface area contributed by atoms with Crippen molar-refractivity contribution in [2.24, 2.45) is 5.73 Å². The minimum absolute atomic E-state index is 0.00451. The molecule has 0 aromatic carbocycles. The monoisotopic (exact) mass is 535 g/mol. The normalized spacial score (nSPS) is 17.9. The fourth-order valence-corrected chi connectivity index (χ4v) is 5.43. The smallest absolute Gasteiger partial charge is 0.194 e. The molecule has 1 atom stereocenters. The summed E-state index contributed by atoms with van der Waals surface area (Å²) in [6.45, 7) is 9.91. The molecule has 2 aromatic rings. The van der Waals surface area contributed by atoms with Crippen LogP contribution in [0.2, 0.25) is 0 Å². The average molecular weight is 536 g/mol. The van der Waals surface area contributed by atoms with Gasteiger partial charge in [-0.2, -0.15) is 0 Å². The molecule has 0 radical (unpaired) electrons. The van der Waals surface area contributed by atoms with Crippen molar-refractivity contribution >= 4 is 5.78 Å². The first-order valence-corrected chi connectivity index (χ1v) is 14.6. The maximum atomic E-state index is 12.7. The third-order valence-electron chi connectivity index (χ3n) is 7.64. The number of hydrogen-bond acceptors (Lipinski definition) is 7. The molecule has 39 heavy (non-hydrogen) atoms. The molecule has 1 fully saturated rings. The van der Waals surface area contributed by atoms with Crippen LogP contribution in [0.5, 0.6) is 0 Å². The Morgan fingerprint density at radius 1 is 1.23 bits per heavy atom. The fourth-order valence-electron chi connectivity index (χ4n) is 5.43. The number of imidazole rings is 1. The minimum Gasteiger partial charge on any atom is -0.324 e. The number of carbonyl (C=O) groups is 1. The fraction of sp³-hybridized carbons (Fsp3) is 0.581. The Kier molecular flexibility index (Phi) is 13.0. The molecule has 3 heterocycles. The lowest BCUT2D eigenvalue weighted by atomic mass is 9.96. The van der Waals surface area contributed by atoms with Crippen molar-refractivity contribution in [1.82, 2.24) is 29.7 Å². The second-order valence-corrected chi connectivity index (χ2v) is 10.7. The van der Waals surface area contributed by atoms with Crippen LogP contribution in [0.15, 0.2) is 43.1 Å². The maximum absolute atomic E-state index is 12.7. The first-order chi connectivity index (χ1) is 19.0. The number of aromatic nitrogens is 3. The highest BCUT2D eigenvalue weighted by atomic mass is 16.1. The van der Waals surface area contributed by atoms with Gasteiger partial charge in [0, 0.05) is 37.4 Å². The zero-order valence-corrected chi connectivity index (χ0v) is 24.4. The van der Waals surface area contributed by atoms with Gasteiger partial charge in [-0.05, 0) is 83.8 Å². The van der Waals surface area contributed by atoms with E-state index in [1.54, 1.807) is 6.08 Å². The summed E-state index contributed by atoms with van der Waals surface area (Å²) in [5.74, 6) is 0.853. The molecule has 2 aromatic heterocycles. The van der Waals surface area contributed by atoms with E-state index in [1.807, 2.05) is 31.3 Å². The standard InChI is InChI=1S/C22H38N6O.C9H11N/c1-5-7-8-11-21-25-19(16-24-6-2)22(20(29)15-23)28(21)17-27-13-9-10-18(12-14-27)26(3)4;1-2-6-9-8(4-1)5-3-7-10-9/h5,7-8,18,24H,1,6,9-17,23H2,2-4H3;3,5,7H,1-2,4,6H2/b8-7-;. The number of ketones is 1. The van der Waals surface area contributed by atoms with Crippen molar-refractivity contribution in [2.75, 3.05) is 40.3 Å². The SMILES string of the molecule is C=C/C=C\Cc1nc(CNCC)c(C(=O)CN)n1CN1CCCC(N(C)C)CC1.c1cnc2c(c1)CCCC2. The Morgan fingerprint density at radius 3 is 2.77 bits per heavy atom. The Labute approximate surface area is 235 Å². The molecule has 214 valence electrons. The second-order valence-electron chi connectivity index (χ2n) is 10.7. The van der Waals surface area contributed by atoms with Gasteiger partial charge in [-0.15, -0.1) is 0 Å². The Morgan fingerprint density at radius 2 is 2.05 bits per heavy atom. The third-order valence-corrected chi connectivity index (χ3v) is 7.64. The van der Waals surface area contributed by atoms with Gasteiger partial charge in [0.2, 0.25) is 0 Å². The molecule has 1 saturated heterocycles.